The van der Waals surface area contributed by atoms with Crippen molar-refractivity contribution in [2.24, 2.45) is 0 Å². The number of unbranched alkanes of at least 4 members (excludes halogenated alkanes) is 7. The van der Waals surface area contributed by atoms with Gasteiger partial charge in [-0.1, -0.05) is 51.9 Å². The van der Waals surface area contributed by atoms with Crippen LogP contribution in [0.5, 0.6) is 0 Å². The Morgan fingerprint density at radius 1 is 1.10 bits per heavy atom. The topological polar surface area (TPSA) is 133 Å². The zero-order valence-corrected chi connectivity index (χ0v) is 17.0. The molecule has 0 radical (unpaired) electrons. The molecule has 1 aliphatic rings. The molecule has 4 N–H and O–H groups in total. The van der Waals surface area contributed by atoms with Gasteiger partial charge in [-0.3, -0.25) is 9.36 Å². The van der Waals surface area contributed by atoms with Crippen LogP contribution >= 0.6 is 0 Å². The molecule has 2 aromatic heterocycles. The summed E-state index contributed by atoms with van der Waals surface area (Å²) in [7, 11) is 0. The average molecular weight is 408 g/mol. The molecule has 3 heterocycles. The number of nitrogens with one attached hydrogen (secondary N) is 1. The Labute approximate surface area is 169 Å². The minimum Gasteiger partial charge on any atom is -0.394 e. The molecule has 1 aliphatic heterocycles. The van der Waals surface area contributed by atoms with Gasteiger partial charge >= 0.3 is 0 Å². The van der Waals surface area contributed by atoms with Gasteiger partial charge in [-0.25, -0.2) is 9.97 Å². The monoisotopic (exact) mass is 408 g/mol. The Hall–Kier alpha value is -1.81. The van der Waals surface area contributed by atoms with Gasteiger partial charge in [-0.2, -0.15) is 0 Å². The summed E-state index contributed by atoms with van der Waals surface area (Å²) in [4.78, 5) is 23.7. The third kappa shape index (κ3) is 5.03. The van der Waals surface area contributed by atoms with E-state index in [9.17, 15) is 20.1 Å². The molecule has 0 amide bonds. The molecule has 3 rings (SSSR count). The maximum Gasteiger partial charge on any atom is 0.279 e. The minimum absolute atomic E-state index is 0.155. The van der Waals surface area contributed by atoms with E-state index in [0.29, 0.717) is 17.9 Å². The van der Waals surface area contributed by atoms with Gasteiger partial charge in [0.05, 0.1) is 12.9 Å². The molecule has 0 spiro atoms. The zero-order valence-electron chi connectivity index (χ0n) is 17.0. The van der Waals surface area contributed by atoms with Crippen molar-refractivity contribution >= 4 is 11.2 Å². The van der Waals surface area contributed by atoms with Crippen LogP contribution in [0, 0.1) is 0 Å². The second-order valence-electron chi connectivity index (χ2n) is 7.79. The summed E-state index contributed by atoms with van der Waals surface area (Å²) in [5.41, 5.74) is 0.121. The standard InChI is InChI=1S/C20H32N4O5/c1-2-3-4-5-6-7-8-9-10-14-22-18-15(19(28)23-14)21-12-24(18)20-17(27)16(26)13(11-25)29-20/h12-13,16-17,20,25-27H,2-11H2,1H3,(H,22,23,28). The van der Waals surface area contributed by atoms with Gasteiger partial charge in [0.1, 0.15) is 24.1 Å². The van der Waals surface area contributed by atoms with Gasteiger partial charge in [-0.15, -0.1) is 0 Å². The molecule has 1 fully saturated rings. The number of rotatable bonds is 11. The Bertz CT molecular complexity index is 836. The Morgan fingerprint density at radius 3 is 2.45 bits per heavy atom. The Morgan fingerprint density at radius 2 is 1.79 bits per heavy atom. The highest BCUT2D eigenvalue weighted by Crippen LogP contribution is 2.30. The fourth-order valence-corrected chi connectivity index (χ4v) is 3.81. The van der Waals surface area contributed by atoms with E-state index < -0.39 is 31.1 Å². The largest absolute Gasteiger partial charge is 0.394 e. The molecule has 0 bridgehead atoms. The summed E-state index contributed by atoms with van der Waals surface area (Å²) in [5.74, 6) is 0.571. The van der Waals surface area contributed by atoms with Crippen LogP contribution in [-0.2, 0) is 11.2 Å². The van der Waals surface area contributed by atoms with Crippen LogP contribution in [0.25, 0.3) is 11.2 Å². The van der Waals surface area contributed by atoms with E-state index in [2.05, 4.69) is 21.9 Å². The van der Waals surface area contributed by atoms with Crippen LogP contribution in [0.1, 0.15) is 70.3 Å². The van der Waals surface area contributed by atoms with Crippen LogP contribution in [0.3, 0.4) is 0 Å². The van der Waals surface area contributed by atoms with E-state index in [1.807, 2.05) is 0 Å². The van der Waals surface area contributed by atoms with Crippen molar-refractivity contribution in [2.45, 2.75) is 89.3 Å². The molecule has 9 heteroatoms. The lowest BCUT2D eigenvalue weighted by atomic mass is 10.1. The predicted molar refractivity (Wildman–Crippen MR) is 107 cm³/mol. The summed E-state index contributed by atoms with van der Waals surface area (Å²) in [6.07, 6.45) is 7.26. The molecular formula is C20H32N4O5. The number of hydrogen-bond donors (Lipinski definition) is 4. The molecule has 0 aliphatic carbocycles. The summed E-state index contributed by atoms with van der Waals surface area (Å²) in [5, 5.41) is 29.5. The van der Waals surface area contributed by atoms with Crippen LogP contribution in [0.4, 0.5) is 0 Å². The third-order valence-electron chi connectivity index (χ3n) is 5.54. The fourth-order valence-electron chi connectivity index (χ4n) is 3.81. The molecular weight excluding hydrogens is 376 g/mol. The number of nitrogens with zero attached hydrogens (tertiary/aromatic N) is 3. The van der Waals surface area contributed by atoms with Crippen molar-refractivity contribution in [2.75, 3.05) is 6.61 Å². The SMILES string of the molecule is CCCCCCCCCCc1nc2c(ncn2C2OC(CO)C(O)C2O)c(=O)[nH]1. The van der Waals surface area contributed by atoms with E-state index in [1.54, 1.807) is 0 Å². The van der Waals surface area contributed by atoms with Crippen molar-refractivity contribution in [1.82, 2.24) is 19.5 Å². The molecule has 9 nitrogen and oxygen atoms in total. The highest BCUT2D eigenvalue weighted by atomic mass is 16.6. The van der Waals surface area contributed by atoms with Crippen LogP contribution in [0.15, 0.2) is 11.1 Å². The number of aliphatic hydroxyl groups excluding tert-OH is 3. The van der Waals surface area contributed by atoms with E-state index >= 15 is 0 Å². The smallest absolute Gasteiger partial charge is 0.279 e. The number of H-pyrrole nitrogens is 1. The molecule has 2 aromatic rings. The van der Waals surface area contributed by atoms with Gasteiger partial charge in [0.2, 0.25) is 0 Å². The van der Waals surface area contributed by atoms with Crippen molar-refractivity contribution in [3.05, 3.63) is 22.5 Å². The lowest BCUT2D eigenvalue weighted by Crippen LogP contribution is -2.33. The number of hydrogen-bond acceptors (Lipinski definition) is 7. The first kappa shape index (κ1) is 21.9. The second kappa shape index (κ2) is 10.3. The van der Waals surface area contributed by atoms with Gasteiger partial charge in [-0.05, 0) is 6.42 Å². The number of aryl methyl sites for hydroxylation is 1. The van der Waals surface area contributed by atoms with Crippen molar-refractivity contribution in [3.63, 3.8) is 0 Å². The Balaban J connectivity index is 1.64. The molecule has 0 aromatic carbocycles. The summed E-state index contributed by atoms with van der Waals surface area (Å²) < 4.78 is 6.99. The van der Waals surface area contributed by atoms with Gasteiger partial charge in [0.15, 0.2) is 17.4 Å². The van der Waals surface area contributed by atoms with Crippen LogP contribution < -0.4 is 5.56 Å². The molecule has 4 atom stereocenters. The normalized spacial score (nSPS) is 24.6. The number of aromatic amines is 1. The van der Waals surface area contributed by atoms with Crippen molar-refractivity contribution in [1.29, 1.82) is 0 Å². The first-order chi connectivity index (χ1) is 14.1. The lowest BCUT2D eigenvalue weighted by Gasteiger charge is -2.16. The van der Waals surface area contributed by atoms with E-state index in [1.165, 1.54) is 49.4 Å². The molecule has 4 unspecified atom stereocenters. The van der Waals surface area contributed by atoms with Gasteiger partial charge < -0.3 is 25.0 Å². The predicted octanol–water partition coefficient (Wildman–Crippen LogP) is 1.41. The maximum atomic E-state index is 12.4. The van der Waals surface area contributed by atoms with Crippen molar-refractivity contribution in [3.8, 4) is 0 Å². The molecule has 0 saturated carbocycles. The summed E-state index contributed by atoms with van der Waals surface area (Å²) >= 11 is 0. The number of aliphatic hydroxyl groups is 3. The number of ether oxygens (including phenoxy) is 1. The Kier molecular flexibility index (Phi) is 7.77. The minimum atomic E-state index is -1.25. The highest BCUT2D eigenvalue weighted by Gasteiger charge is 2.44. The number of aromatic nitrogens is 4. The number of fused-ring (bicyclic) bond motifs is 1. The van der Waals surface area contributed by atoms with Crippen LogP contribution in [-0.4, -0.2) is 59.8 Å². The second-order valence-corrected chi connectivity index (χ2v) is 7.79. The molecule has 162 valence electrons. The fraction of sp³-hybridized carbons (Fsp3) is 0.750. The first-order valence-electron chi connectivity index (χ1n) is 10.6. The summed E-state index contributed by atoms with van der Waals surface area (Å²) in [6, 6.07) is 0. The first-order valence-corrected chi connectivity index (χ1v) is 10.6. The quantitative estimate of drug-likeness (QED) is 0.413. The van der Waals surface area contributed by atoms with E-state index in [4.69, 9.17) is 4.74 Å². The highest BCUT2D eigenvalue weighted by molar-refractivity contribution is 5.69. The van der Waals surface area contributed by atoms with Gasteiger partial charge in [0, 0.05) is 6.42 Å². The molecule has 29 heavy (non-hydrogen) atoms. The maximum absolute atomic E-state index is 12.4. The zero-order chi connectivity index (χ0) is 20.8. The lowest BCUT2D eigenvalue weighted by molar-refractivity contribution is -0.0511. The van der Waals surface area contributed by atoms with E-state index in [-0.39, 0.29) is 11.1 Å². The average Bonchev–Trinajstić information content (AvgIpc) is 3.25. The van der Waals surface area contributed by atoms with Crippen LogP contribution in [0.2, 0.25) is 0 Å². The third-order valence-corrected chi connectivity index (χ3v) is 5.54. The van der Waals surface area contributed by atoms with E-state index in [0.717, 1.165) is 12.8 Å². The number of imidazole rings is 1. The van der Waals surface area contributed by atoms with Crippen molar-refractivity contribution < 1.29 is 20.1 Å². The summed E-state index contributed by atoms with van der Waals surface area (Å²) in [6.45, 7) is 1.79. The molecule has 1 saturated heterocycles. The van der Waals surface area contributed by atoms with Gasteiger partial charge in [0.25, 0.3) is 5.56 Å².